The summed E-state index contributed by atoms with van der Waals surface area (Å²) < 4.78 is 0. The monoisotopic (exact) mass is 221 g/mol. The molecule has 1 aromatic carbocycles. The minimum Gasteiger partial charge on any atom is -0.320 e. The summed E-state index contributed by atoms with van der Waals surface area (Å²) in [5, 5.41) is 3.96. The van der Waals surface area contributed by atoms with E-state index >= 15 is 0 Å². The fourth-order valence-corrected chi connectivity index (χ4v) is 1.42. The molecule has 2 aromatic rings. The van der Waals surface area contributed by atoms with Crippen molar-refractivity contribution in [3.8, 4) is 11.3 Å². The Bertz CT molecular complexity index is 510. The molecule has 0 radical (unpaired) electrons. The number of benzene rings is 1. The van der Waals surface area contributed by atoms with Crippen LogP contribution in [0.3, 0.4) is 0 Å². The van der Waals surface area contributed by atoms with Crippen LogP contribution in [0.1, 0.15) is 0 Å². The van der Waals surface area contributed by atoms with Gasteiger partial charge in [-0.25, -0.2) is 0 Å². The molecule has 0 saturated heterocycles. The van der Waals surface area contributed by atoms with Crippen molar-refractivity contribution in [3.63, 3.8) is 0 Å². The van der Waals surface area contributed by atoms with Crippen molar-refractivity contribution in [2.24, 2.45) is 0 Å². The fourth-order valence-electron chi connectivity index (χ4n) is 1.23. The van der Waals surface area contributed by atoms with Crippen LogP contribution in [0.25, 0.3) is 11.3 Å². The highest BCUT2D eigenvalue weighted by molar-refractivity contribution is 6.30. The molecule has 2 rings (SSSR count). The molecule has 0 atom stereocenters. The summed E-state index contributed by atoms with van der Waals surface area (Å²) >= 11 is 5.72. The molecule has 0 aliphatic heterocycles. The molecule has 1 aromatic heterocycles. The molecular weight excluding hydrogens is 214 g/mol. The molecule has 0 bridgehead atoms. The summed E-state index contributed by atoms with van der Waals surface area (Å²) in [5.74, 6) is 5.37. The van der Waals surface area contributed by atoms with E-state index in [2.05, 4.69) is 5.10 Å². The molecule has 2 N–H and O–H groups in total. The molecule has 0 aliphatic carbocycles. The number of hydrogen-bond acceptors (Lipinski definition) is 3. The SMILES string of the molecule is Nn1nc(-c2ccccc2)cc(Cl)c1=O. The van der Waals surface area contributed by atoms with Gasteiger partial charge in [0.15, 0.2) is 0 Å². The Morgan fingerprint density at radius 2 is 1.93 bits per heavy atom. The van der Waals surface area contributed by atoms with Gasteiger partial charge in [-0.1, -0.05) is 41.9 Å². The van der Waals surface area contributed by atoms with E-state index in [1.165, 1.54) is 6.07 Å². The summed E-state index contributed by atoms with van der Waals surface area (Å²) in [7, 11) is 0. The summed E-state index contributed by atoms with van der Waals surface area (Å²) in [5.41, 5.74) is 0.928. The third-order valence-corrected chi connectivity index (χ3v) is 2.23. The van der Waals surface area contributed by atoms with E-state index in [4.69, 9.17) is 17.4 Å². The maximum absolute atomic E-state index is 11.2. The van der Waals surface area contributed by atoms with Crippen LogP contribution < -0.4 is 11.4 Å². The van der Waals surface area contributed by atoms with Gasteiger partial charge in [0.1, 0.15) is 5.02 Å². The Kier molecular flexibility index (Phi) is 2.43. The van der Waals surface area contributed by atoms with E-state index < -0.39 is 5.56 Å². The number of nitrogens with two attached hydrogens (primary N) is 1. The van der Waals surface area contributed by atoms with Gasteiger partial charge in [0.2, 0.25) is 0 Å². The molecule has 0 saturated carbocycles. The second-order valence-corrected chi connectivity index (χ2v) is 3.40. The highest BCUT2D eigenvalue weighted by atomic mass is 35.5. The molecule has 5 heteroatoms. The lowest BCUT2D eigenvalue weighted by molar-refractivity contribution is 0.769. The lowest BCUT2D eigenvalue weighted by Crippen LogP contribution is -2.30. The third kappa shape index (κ3) is 1.85. The predicted octanol–water partition coefficient (Wildman–Crippen LogP) is 1.28. The van der Waals surface area contributed by atoms with Crippen molar-refractivity contribution < 1.29 is 0 Å². The van der Waals surface area contributed by atoms with Crippen molar-refractivity contribution in [1.29, 1.82) is 0 Å². The zero-order chi connectivity index (χ0) is 10.8. The van der Waals surface area contributed by atoms with Gasteiger partial charge in [0, 0.05) is 5.56 Å². The van der Waals surface area contributed by atoms with Crippen LogP contribution in [0.2, 0.25) is 5.02 Å². The number of rotatable bonds is 1. The molecule has 0 fully saturated rings. The van der Waals surface area contributed by atoms with E-state index in [0.717, 1.165) is 10.4 Å². The summed E-state index contributed by atoms with van der Waals surface area (Å²) in [6.07, 6.45) is 0. The molecule has 76 valence electrons. The smallest absolute Gasteiger partial charge is 0.304 e. The van der Waals surface area contributed by atoms with Crippen molar-refractivity contribution in [1.82, 2.24) is 9.89 Å². The Morgan fingerprint density at radius 1 is 1.27 bits per heavy atom. The van der Waals surface area contributed by atoms with E-state index in [9.17, 15) is 4.79 Å². The van der Waals surface area contributed by atoms with Crippen LogP contribution in [0.5, 0.6) is 0 Å². The summed E-state index contributed by atoms with van der Waals surface area (Å²) in [6.45, 7) is 0. The van der Waals surface area contributed by atoms with Crippen LogP contribution in [-0.2, 0) is 0 Å². The van der Waals surface area contributed by atoms with Crippen LogP contribution in [0.4, 0.5) is 0 Å². The average Bonchev–Trinajstić information content (AvgIpc) is 2.26. The van der Waals surface area contributed by atoms with Gasteiger partial charge < -0.3 is 5.84 Å². The number of aromatic nitrogens is 2. The Balaban J connectivity index is 2.61. The van der Waals surface area contributed by atoms with Crippen LogP contribution in [0, 0.1) is 0 Å². The number of hydrogen-bond donors (Lipinski definition) is 1. The van der Waals surface area contributed by atoms with Crippen molar-refractivity contribution >= 4 is 11.6 Å². The first-order chi connectivity index (χ1) is 7.18. The zero-order valence-corrected chi connectivity index (χ0v) is 8.48. The minimum absolute atomic E-state index is 0.0614. The molecule has 0 spiro atoms. The first kappa shape index (κ1) is 9.73. The van der Waals surface area contributed by atoms with Gasteiger partial charge in [-0.05, 0) is 6.07 Å². The first-order valence-electron chi connectivity index (χ1n) is 4.29. The largest absolute Gasteiger partial charge is 0.320 e. The van der Waals surface area contributed by atoms with Crippen molar-refractivity contribution in [3.05, 3.63) is 51.8 Å². The standard InChI is InChI=1S/C10H8ClN3O/c11-8-6-9(13-14(12)10(8)15)7-4-2-1-3-5-7/h1-6H,12H2. The van der Waals surface area contributed by atoms with Crippen LogP contribution in [0.15, 0.2) is 41.2 Å². The Labute approximate surface area is 90.9 Å². The molecular formula is C10H8ClN3O. The minimum atomic E-state index is -0.503. The van der Waals surface area contributed by atoms with E-state index in [1.807, 2.05) is 30.3 Å². The van der Waals surface area contributed by atoms with Crippen LogP contribution in [-0.4, -0.2) is 9.89 Å². The number of nitrogen functional groups attached to an aromatic ring is 1. The zero-order valence-electron chi connectivity index (χ0n) is 7.72. The van der Waals surface area contributed by atoms with Crippen molar-refractivity contribution in [2.75, 3.05) is 5.84 Å². The number of halogens is 1. The lowest BCUT2D eigenvalue weighted by atomic mass is 10.1. The number of nitrogens with zero attached hydrogens (tertiary/aromatic N) is 2. The van der Waals surface area contributed by atoms with Gasteiger partial charge in [-0.2, -0.15) is 0 Å². The van der Waals surface area contributed by atoms with Crippen LogP contribution >= 0.6 is 11.6 Å². The quantitative estimate of drug-likeness (QED) is 0.738. The molecule has 1 heterocycles. The van der Waals surface area contributed by atoms with E-state index in [0.29, 0.717) is 5.69 Å². The van der Waals surface area contributed by atoms with Gasteiger partial charge in [-0.15, -0.1) is 9.89 Å². The summed E-state index contributed by atoms with van der Waals surface area (Å²) in [4.78, 5) is 11.9. The normalized spacial score (nSPS) is 10.2. The molecule has 0 amide bonds. The highest BCUT2D eigenvalue weighted by Crippen LogP contribution is 2.16. The van der Waals surface area contributed by atoms with Crippen molar-refractivity contribution in [2.45, 2.75) is 0 Å². The van der Waals surface area contributed by atoms with Gasteiger partial charge in [0.25, 0.3) is 0 Å². The van der Waals surface area contributed by atoms with Gasteiger partial charge in [0.05, 0.1) is 5.69 Å². The Morgan fingerprint density at radius 3 is 2.53 bits per heavy atom. The highest BCUT2D eigenvalue weighted by Gasteiger charge is 2.05. The molecule has 0 aliphatic rings. The maximum Gasteiger partial charge on any atom is 0.304 e. The fraction of sp³-hybridized carbons (Fsp3) is 0. The topological polar surface area (TPSA) is 60.9 Å². The average molecular weight is 222 g/mol. The maximum atomic E-state index is 11.2. The first-order valence-corrected chi connectivity index (χ1v) is 4.66. The Hall–Kier alpha value is -1.81. The summed E-state index contributed by atoms with van der Waals surface area (Å²) in [6, 6.07) is 10.9. The predicted molar refractivity (Wildman–Crippen MR) is 59.1 cm³/mol. The molecule has 0 unspecified atom stereocenters. The molecule has 4 nitrogen and oxygen atoms in total. The van der Waals surface area contributed by atoms with Gasteiger partial charge in [-0.3, -0.25) is 4.79 Å². The lowest BCUT2D eigenvalue weighted by Gasteiger charge is -2.03. The van der Waals surface area contributed by atoms with E-state index in [-0.39, 0.29) is 5.02 Å². The van der Waals surface area contributed by atoms with Gasteiger partial charge >= 0.3 is 5.56 Å². The van der Waals surface area contributed by atoms with E-state index in [1.54, 1.807) is 0 Å². The second-order valence-electron chi connectivity index (χ2n) is 2.99. The molecule has 15 heavy (non-hydrogen) atoms. The second kappa shape index (κ2) is 3.74. The third-order valence-electron chi connectivity index (χ3n) is 1.96.